The Bertz CT molecular complexity index is 1140. The van der Waals surface area contributed by atoms with Gasteiger partial charge in [0, 0.05) is 25.0 Å². The van der Waals surface area contributed by atoms with Gasteiger partial charge in [-0.25, -0.2) is 0 Å². The number of guanidine groups is 1. The normalized spacial score (nSPS) is 12.4. The molecule has 4 N–H and O–H groups in total. The molecule has 0 aliphatic heterocycles. The van der Waals surface area contributed by atoms with Crippen molar-refractivity contribution in [1.82, 2.24) is 15.2 Å². The Kier molecular flexibility index (Phi) is 6.21. The van der Waals surface area contributed by atoms with E-state index in [1.165, 1.54) is 13.1 Å². The third kappa shape index (κ3) is 5.34. The zero-order valence-electron chi connectivity index (χ0n) is 17.2. The van der Waals surface area contributed by atoms with Crippen LogP contribution >= 0.6 is 0 Å². The van der Waals surface area contributed by atoms with Crippen LogP contribution in [-0.2, 0) is 12.7 Å². The number of carbonyl (C=O) groups is 1. The third-order valence-corrected chi connectivity index (χ3v) is 4.36. The van der Waals surface area contributed by atoms with Gasteiger partial charge >= 0.3 is 6.18 Å². The lowest BCUT2D eigenvalue weighted by Gasteiger charge is -2.13. The van der Waals surface area contributed by atoms with Gasteiger partial charge in [0.25, 0.3) is 5.91 Å². The minimum Gasteiger partial charge on any atom is -0.457 e. The average molecular weight is 433 g/mol. The van der Waals surface area contributed by atoms with Crippen LogP contribution in [0, 0.1) is 0 Å². The molecular formula is C21H22F3N5O2. The van der Waals surface area contributed by atoms with Crippen LogP contribution in [0.2, 0.25) is 0 Å². The molecular weight excluding hydrogens is 411 g/mol. The van der Waals surface area contributed by atoms with E-state index in [4.69, 9.17) is 10.5 Å². The Morgan fingerprint density at radius 1 is 1.19 bits per heavy atom. The van der Waals surface area contributed by atoms with Gasteiger partial charge in [-0.05, 0) is 43.9 Å². The van der Waals surface area contributed by atoms with Crippen LogP contribution in [0.25, 0.3) is 10.9 Å². The number of hydrogen-bond donors (Lipinski definition) is 3. The van der Waals surface area contributed by atoms with Crippen molar-refractivity contribution in [3.05, 3.63) is 59.3 Å². The van der Waals surface area contributed by atoms with Crippen molar-refractivity contribution in [2.75, 3.05) is 21.1 Å². The average Bonchev–Trinajstić information content (AvgIpc) is 3.10. The summed E-state index contributed by atoms with van der Waals surface area (Å²) in [4.78, 5) is 20.4. The number of aromatic nitrogens is 1. The van der Waals surface area contributed by atoms with Crippen molar-refractivity contribution in [2.45, 2.75) is 12.7 Å². The molecule has 3 rings (SSSR count). The largest absolute Gasteiger partial charge is 0.457 e. The van der Waals surface area contributed by atoms with Crippen molar-refractivity contribution in [3.63, 3.8) is 0 Å². The second-order valence-electron chi connectivity index (χ2n) is 7.15. The quantitative estimate of drug-likeness (QED) is 0.421. The number of benzene rings is 2. The molecule has 164 valence electrons. The van der Waals surface area contributed by atoms with Crippen LogP contribution in [0.3, 0.4) is 0 Å². The Hall–Kier alpha value is -3.53. The van der Waals surface area contributed by atoms with Crippen LogP contribution in [0.1, 0.15) is 21.6 Å². The number of nitrogens with zero attached hydrogens (tertiary/aromatic N) is 2. The van der Waals surface area contributed by atoms with E-state index in [-0.39, 0.29) is 28.3 Å². The zero-order chi connectivity index (χ0) is 22.8. The molecule has 0 aliphatic rings. The van der Waals surface area contributed by atoms with Gasteiger partial charge in [-0.1, -0.05) is 12.1 Å². The molecule has 10 heteroatoms. The fraction of sp³-hybridized carbons (Fsp3) is 0.238. The first-order valence-corrected chi connectivity index (χ1v) is 9.28. The summed E-state index contributed by atoms with van der Waals surface area (Å²) in [5, 5.41) is 2.31. The first kappa shape index (κ1) is 22.2. The highest BCUT2D eigenvalue weighted by atomic mass is 19.4. The molecule has 1 aromatic heterocycles. The van der Waals surface area contributed by atoms with Gasteiger partial charge in [-0.2, -0.15) is 18.2 Å². The number of nitrogens with two attached hydrogens (primary N) is 1. The van der Waals surface area contributed by atoms with E-state index in [1.54, 1.807) is 18.2 Å². The van der Waals surface area contributed by atoms with E-state index < -0.39 is 17.6 Å². The molecule has 0 spiro atoms. The molecule has 1 amide bonds. The molecule has 0 bridgehead atoms. The lowest BCUT2D eigenvalue weighted by molar-refractivity contribution is -0.136. The standard InChI is InChI=1S/C21H22F3N5O2/c1-26-20(25)28-19(30)18-10-15-16(21(22,23)24)8-14(9-17(15)27-18)31-13-6-4-5-12(7-13)11-29(2)3/h4-10,27H,11H2,1-3H3,(H3,25,26,28,30). The maximum atomic E-state index is 13.7. The smallest absolute Gasteiger partial charge is 0.417 e. The molecule has 3 aromatic rings. The van der Waals surface area contributed by atoms with Gasteiger partial charge in [0.2, 0.25) is 0 Å². The number of halogens is 3. The molecule has 0 radical (unpaired) electrons. The second kappa shape index (κ2) is 8.68. The Labute approximate surface area is 176 Å². The van der Waals surface area contributed by atoms with Gasteiger partial charge in [0.1, 0.15) is 17.2 Å². The molecule has 0 saturated heterocycles. The molecule has 2 aromatic carbocycles. The molecule has 1 heterocycles. The number of rotatable bonds is 5. The van der Waals surface area contributed by atoms with E-state index in [0.717, 1.165) is 17.7 Å². The number of alkyl halides is 3. The number of ether oxygens (including phenoxy) is 1. The minimum absolute atomic E-state index is 0.0130. The van der Waals surface area contributed by atoms with Crippen molar-refractivity contribution < 1.29 is 22.7 Å². The highest BCUT2D eigenvalue weighted by Gasteiger charge is 2.34. The predicted octanol–water partition coefficient (Wildman–Crippen LogP) is 3.71. The molecule has 0 fully saturated rings. The number of H-pyrrole nitrogens is 1. The summed E-state index contributed by atoms with van der Waals surface area (Å²) in [6.07, 6.45) is -4.65. The Balaban J connectivity index is 2.03. The number of nitrogens with one attached hydrogen (secondary N) is 2. The minimum atomic E-state index is -4.65. The fourth-order valence-electron chi connectivity index (χ4n) is 3.05. The number of aromatic amines is 1. The lowest BCUT2D eigenvalue weighted by Crippen LogP contribution is -2.28. The maximum absolute atomic E-state index is 13.7. The van der Waals surface area contributed by atoms with Gasteiger partial charge < -0.3 is 25.7 Å². The van der Waals surface area contributed by atoms with Gasteiger partial charge in [-0.3, -0.25) is 4.79 Å². The lowest BCUT2D eigenvalue weighted by atomic mass is 10.1. The summed E-state index contributed by atoms with van der Waals surface area (Å²) in [6, 6.07) is 10.5. The Morgan fingerprint density at radius 2 is 1.94 bits per heavy atom. The van der Waals surface area contributed by atoms with Gasteiger partial charge in [0.05, 0.1) is 11.1 Å². The summed E-state index contributed by atoms with van der Waals surface area (Å²) >= 11 is 0. The van der Waals surface area contributed by atoms with Crippen LogP contribution in [-0.4, -0.2) is 42.9 Å². The highest BCUT2D eigenvalue weighted by molar-refractivity contribution is 6.04. The van der Waals surface area contributed by atoms with Crippen molar-refractivity contribution in [3.8, 4) is 11.5 Å². The first-order valence-electron chi connectivity index (χ1n) is 9.28. The second-order valence-corrected chi connectivity index (χ2v) is 7.15. The van der Waals surface area contributed by atoms with Crippen molar-refractivity contribution in [1.29, 1.82) is 0 Å². The van der Waals surface area contributed by atoms with E-state index in [2.05, 4.69) is 15.3 Å². The maximum Gasteiger partial charge on any atom is 0.417 e. The molecule has 0 unspecified atom stereocenters. The van der Waals surface area contributed by atoms with Gasteiger partial charge in [-0.15, -0.1) is 0 Å². The van der Waals surface area contributed by atoms with Crippen LogP contribution in [0.15, 0.2) is 47.5 Å². The van der Waals surface area contributed by atoms with Crippen LogP contribution < -0.4 is 15.8 Å². The predicted molar refractivity (Wildman–Crippen MR) is 112 cm³/mol. The van der Waals surface area contributed by atoms with E-state index in [0.29, 0.717) is 12.3 Å². The van der Waals surface area contributed by atoms with E-state index >= 15 is 0 Å². The summed E-state index contributed by atoms with van der Waals surface area (Å²) in [6.45, 7) is 0.655. The topological polar surface area (TPSA) is 95.7 Å². The first-order chi connectivity index (χ1) is 14.6. The number of fused-ring (bicyclic) bond motifs is 1. The summed E-state index contributed by atoms with van der Waals surface area (Å²) in [7, 11) is 5.29. The summed E-state index contributed by atoms with van der Waals surface area (Å²) in [5.41, 5.74) is 5.46. The molecule has 7 nitrogen and oxygen atoms in total. The zero-order valence-corrected chi connectivity index (χ0v) is 17.2. The number of carbonyl (C=O) groups excluding carboxylic acids is 1. The summed E-state index contributed by atoms with van der Waals surface area (Å²) in [5.74, 6) is -0.557. The monoisotopic (exact) mass is 433 g/mol. The fourth-order valence-corrected chi connectivity index (χ4v) is 3.05. The van der Waals surface area contributed by atoms with Gasteiger partial charge in [0.15, 0.2) is 5.96 Å². The van der Waals surface area contributed by atoms with E-state index in [1.807, 2.05) is 25.1 Å². The molecule has 0 saturated carbocycles. The number of aliphatic imine (C=N–C) groups is 1. The summed E-state index contributed by atoms with van der Waals surface area (Å²) < 4.78 is 46.8. The van der Waals surface area contributed by atoms with Crippen LogP contribution in [0.4, 0.5) is 13.2 Å². The Morgan fingerprint density at radius 3 is 2.58 bits per heavy atom. The molecule has 0 atom stereocenters. The molecule has 0 aliphatic carbocycles. The van der Waals surface area contributed by atoms with Crippen molar-refractivity contribution in [2.24, 2.45) is 10.7 Å². The number of hydrogen-bond acceptors (Lipinski definition) is 3. The van der Waals surface area contributed by atoms with Crippen LogP contribution in [0.5, 0.6) is 11.5 Å². The van der Waals surface area contributed by atoms with Crippen molar-refractivity contribution >= 4 is 22.8 Å². The van der Waals surface area contributed by atoms with E-state index in [9.17, 15) is 18.0 Å². The number of amides is 1. The molecule has 31 heavy (non-hydrogen) atoms. The highest BCUT2D eigenvalue weighted by Crippen LogP contribution is 2.39. The SMILES string of the molecule is CNC(N)=NC(=O)c1cc2c(C(F)(F)F)cc(Oc3cccc(CN(C)C)c3)cc2[nH]1. The third-order valence-electron chi connectivity index (χ3n) is 4.36.